The number of anilines is 2. The Hall–Kier alpha value is -3.61. The minimum Gasteiger partial charge on any atom is -0.497 e. The van der Waals surface area contributed by atoms with E-state index in [0.717, 1.165) is 11.1 Å². The molecule has 7 heteroatoms. The van der Waals surface area contributed by atoms with Gasteiger partial charge in [0.2, 0.25) is 5.91 Å². The van der Waals surface area contributed by atoms with Crippen LogP contribution in [0.15, 0.2) is 60.8 Å². The Bertz CT molecular complexity index is 997. The zero-order valence-corrected chi connectivity index (χ0v) is 14.7. The van der Waals surface area contributed by atoms with E-state index in [-0.39, 0.29) is 18.2 Å². The van der Waals surface area contributed by atoms with Gasteiger partial charge in [-0.1, -0.05) is 36.4 Å². The molecule has 0 spiro atoms. The third-order valence-electron chi connectivity index (χ3n) is 4.45. The summed E-state index contributed by atoms with van der Waals surface area (Å²) in [5.41, 5.74) is 2.41. The van der Waals surface area contributed by atoms with Crippen molar-refractivity contribution in [2.45, 2.75) is 12.5 Å². The van der Waals surface area contributed by atoms with Gasteiger partial charge < -0.3 is 15.4 Å². The molecule has 2 N–H and O–H groups in total. The molecule has 1 unspecified atom stereocenters. The van der Waals surface area contributed by atoms with Gasteiger partial charge in [-0.05, 0) is 17.7 Å². The fraction of sp³-hybridized carbons (Fsp3) is 0.150. The molecule has 2 amide bonds. The van der Waals surface area contributed by atoms with Crippen molar-refractivity contribution >= 4 is 23.3 Å². The van der Waals surface area contributed by atoms with Crippen molar-refractivity contribution in [2.75, 3.05) is 17.7 Å². The fourth-order valence-electron chi connectivity index (χ4n) is 3.13. The summed E-state index contributed by atoms with van der Waals surface area (Å²) in [7, 11) is 1.56. The van der Waals surface area contributed by atoms with Gasteiger partial charge in [0.25, 0.3) is 5.91 Å². The Morgan fingerprint density at radius 1 is 1.22 bits per heavy atom. The first-order chi connectivity index (χ1) is 13.2. The molecule has 136 valence electrons. The number of rotatable bonds is 5. The summed E-state index contributed by atoms with van der Waals surface area (Å²) in [6.45, 7) is 0. The second-order valence-electron chi connectivity index (χ2n) is 6.21. The molecular formula is C20H18N4O3. The van der Waals surface area contributed by atoms with E-state index in [1.807, 2.05) is 30.3 Å². The largest absolute Gasteiger partial charge is 0.497 e. The number of aromatic nitrogens is 2. The summed E-state index contributed by atoms with van der Waals surface area (Å²) >= 11 is 0. The number of ether oxygens (including phenoxy) is 1. The molecule has 1 aliphatic heterocycles. The number of nitrogens with one attached hydrogen (secondary N) is 2. The summed E-state index contributed by atoms with van der Waals surface area (Å²) in [6.07, 6.45) is 1.70. The summed E-state index contributed by atoms with van der Waals surface area (Å²) in [6, 6.07) is 16.1. The zero-order valence-electron chi connectivity index (χ0n) is 14.7. The van der Waals surface area contributed by atoms with Gasteiger partial charge in [0.15, 0.2) is 0 Å². The second kappa shape index (κ2) is 6.95. The quantitative estimate of drug-likeness (QED) is 0.730. The standard InChI is InChI=1S/C20H18N4O3/c1-27-15-9-5-8-14(10-15)22-18(25)11-17-20(26)23-19-16(12-21-24(17)19)13-6-3-2-4-7-13/h2-10,12,17H,11H2,1H3,(H,22,25)(H,23,26). The highest BCUT2D eigenvalue weighted by Gasteiger charge is 2.35. The van der Waals surface area contributed by atoms with Crippen LogP contribution in [0.1, 0.15) is 12.5 Å². The first-order valence-corrected chi connectivity index (χ1v) is 8.53. The predicted octanol–water partition coefficient (Wildman–Crippen LogP) is 3.08. The van der Waals surface area contributed by atoms with E-state index < -0.39 is 6.04 Å². The van der Waals surface area contributed by atoms with Crippen LogP contribution in [0, 0.1) is 0 Å². The Labute approximate surface area is 156 Å². The average molecular weight is 362 g/mol. The van der Waals surface area contributed by atoms with Crippen LogP contribution >= 0.6 is 0 Å². The van der Waals surface area contributed by atoms with Crippen molar-refractivity contribution in [1.82, 2.24) is 9.78 Å². The predicted molar refractivity (Wildman–Crippen MR) is 102 cm³/mol. The Morgan fingerprint density at radius 3 is 2.81 bits per heavy atom. The molecule has 2 aromatic carbocycles. The smallest absolute Gasteiger partial charge is 0.251 e. The van der Waals surface area contributed by atoms with Gasteiger partial charge in [0.1, 0.15) is 17.6 Å². The molecule has 27 heavy (non-hydrogen) atoms. The van der Waals surface area contributed by atoms with E-state index in [4.69, 9.17) is 4.74 Å². The Kier molecular flexibility index (Phi) is 4.33. The number of carbonyl (C=O) groups is 2. The Morgan fingerprint density at radius 2 is 2.04 bits per heavy atom. The number of hydrogen-bond acceptors (Lipinski definition) is 4. The van der Waals surface area contributed by atoms with Crippen LogP contribution in [0.5, 0.6) is 5.75 Å². The molecule has 0 saturated heterocycles. The van der Waals surface area contributed by atoms with Crippen molar-refractivity contribution in [3.63, 3.8) is 0 Å². The monoisotopic (exact) mass is 362 g/mol. The fourth-order valence-corrected chi connectivity index (χ4v) is 3.13. The zero-order chi connectivity index (χ0) is 18.8. The molecule has 2 heterocycles. The lowest BCUT2D eigenvalue weighted by atomic mass is 10.1. The number of amides is 2. The van der Waals surface area contributed by atoms with Crippen molar-refractivity contribution in [1.29, 1.82) is 0 Å². The average Bonchev–Trinajstić information content (AvgIpc) is 3.22. The molecule has 1 aliphatic rings. The lowest BCUT2D eigenvalue weighted by molar-refractivity contribution is -0.123. The van der Waals surface area contributed by atoms with E-state index in [0.29, 0.717) is 17.3 Å². The molecule has 0 radical (unpaired) electrons. The highest BCUT2D eigenvalue weighted by molar-refractivity contribution is 6.04. The maximum absolute atomic E-state index is 12.4. The van der Waals surface area contributed by atoms with Gasteiger partial charge in [0, 0.05) is 17.3 Å². The topological polar surface area (TPSA) is 85.2 Å². The highest BCUT2D eigenvalue weighted by Crippen LogP contribution is 2.35. The summed E-state index contributed by atoms with van der Waals surface area (Å²) in [4.78, 5) is 24.8. The van der Waals surface area contributed by atoms with Crippen molar-refractivity contribution in [3.05, 3.63) is 60.8 Å². The van der Waals surface area contributed by atoms with Gasteiger partial charge >= 0.3 is 0 Å². The number of fused-ring (bicyclic) bond motifs is 1. The summed E-state index contributed by atoms with van der Waals surface area (Å²) in [5, 5.41) is 9.96. The van der Waals surface area contributed by atoms with Gasteiger partial charge in [-0.2, -0.15) is 5.10 Å². The van der Waals surface area contributed by atoms with Crippen LogP contribution in [0.2, 0.25) is 0 Å². The van der Waals surface area contributed by atoms with Gasteiger partial charge in [-0.3, -0.25) is 9.59 Å². The minimum absolute atomic E-state index is 0.00798. The molecule has 4 rings (SSSR count). The maximum Gasteiger partial charge on any atom is 0.251 e. The number of methoxy groups -OCH3 is 1. The molecule has 7 nitrogen and oxygen atoms in total. The van der Waals surface area contributed by atoms with E-state index in [9.17, 15) is 9.59 Å². The highest BCUT2D eigenvalue weighted by atomic mass is 16.5. The lowest BCUT2D eigenvalue weighted by Crippen LogP contribution is -2.23. The first kappa shape index (κ1) is 16.8. The van der Waals surface area contributed by atoms with Crippen LogP contribution in [0.4, 0.5) is 11.5 Å². The minimum atomic E-state index is -0.678. The second-order valence-corrected chi connectivity index (χ2v) is 6.21. The van der Waals surface area contributed by atoms with Gasteiger partial charge in [0.05, 0.1) is 19.7 Å². The third kappa shape index (κ3) is 3.27. The van der Waals surface area contributed by atoms with Crippen LogP contribution in [0.3, 0.4) is 0 Å². The normalized spacial score (nSPS) is 15.1. The summed E-state index contributed by atoms with van der Waals surface area (Å²) in [5.74, 6) is 0.753. The van der Waals surface area contributed by atoms with E-state index >= 15 is 0 Å². The molecule has 1 atom stereocenters. The molecule has 0 aliphatic carbocycles. The number of hydrogen-bond donors (Lipinski definition) is 2. The molecule has 0 fully saturated rings. The molecule has 3 aromatic rings. The van der Waals surface area contributed by atoms with Crippen LogP contribution < -0.4 is 15.4 Å². The molecular weight excluding hydrogens is 344 g/mol. The first-order valence-electron chi connectivity index (χ1n) is 8.53. The third-order valence-corrected chi connectivity index (χ3v) is 4.45. The van der Waals surface area contributed by atoms with Crippen LogP contribution in [-0.2, 0) is 9.59 Å². The lowest BCUT2D eigenvalue weighted by Gasteiger charge is -2.10. The summed E-state index contributed by atoms with van der Waals surface area (Å²) < 4.78 is 6.73. The van der Waals surface area contributed by atoms with E-state index in [2.05, 4.69) is 15.7 Å². The van der Waals surface area contributed by atoms with E-state index in [1.165, 1.54) is 0 Å². The SMILES string of the molecule is COc1cccc(NC(=O)CC2C(=O)Nc3c(-c4ccccc4)cnn32)c1. The van der Waals surface area contributed by atoms with Gasteiger partial charge in [-0.25, -0.2) is 4.68 Å². The maximum atomic E-state index is 12.4. The Balaban J connectivity index is 1.52. The van der Waals surface area contributed by atoms with Crippen LogP contribution in [0.25, 0.3) is 11.1 Å². The number of benzene rings is 2. The number of nitrogens with zero attached hydrogens (tertiary/aromatic N) is 2. The van der Waals surface area contributed by atoms with Crippen molar-refractivity contribution in [3.8, 4) is 16.9 Å². The van der Waals surface area contributed by atoms with Crippen LogP contribution in [-0.4, -0.2) is 28.7 Å². The number of carbonyl (C=O) groups excluding carboxylic acids is 2. The van der Waals surface area contributed by atoms with E-state index in [1.54, 1.807) is 42.3 Å². The van der Waals surface area contributed by atoms with Crippen molar-refractivity contribution < 1.29 is 14.3 Å². The molecule has 0 saturated carbocycles. The van der Waals surface area contributed by atoms with Crippen molar-refractivity contribution in [2.24, 2.45) is 0 Å². The molecule has 0 bridgehead atoms. The molecule has 1 aromatic heterocycles. The van der Waals surface area contributed by atoms with Gasteiger partial charge in [-0.15, -0.1) is 0 Å².